The monoisotopic (exact) mass is 388 g/mol. The highest BCUT2D eigenvalue weighted by molar-refractivity contribution is 9.10. The average molecular weight is 389 g/mol. The standard InChI is InChI=1S/C16H25BrN2O2S/c1-11(14-9-12(17)10-22-14)18-7-8-19(13-5-6-13)15(20)21-16(2,3)4/h9-11,13,18H,5-8H2,1-4H3. The fourth-order valence-electron chi connectivity index (χ4n) is 2.19. The number of ether oxygens (including phenoxy) is 1. The largest absolute Gasteiger partial charge is 0.444 e. The molecule has 0 spiro atoms. The minimum absolute atomic E-state index is 0.191. The highest BCUT2D eigenvalue weighted by atomic mass is 79.9. The maximum absolute atomic E-state index is 12.3. The molecule has 1 N–H and O–H groups in total. The predicted octanol–water partition coefficient (Wildman–Crippen LogP) is 4.56. The summed E-state index contributed by atoms with van der Waals surface area (Å²) in [5.74, 6) is 0. The molecule has 1 atom stereocenters. The van der Waals surface area contributed by atoms with Gasteiger partial charge < -0.3 is 15.0 Å². The Morgan fingerprint density at radius 1 is 1.55 bits per heavy atom. The third kappa shape index (κ3) is 5.56. The van der Waals surface area contributed by atoms with Crippen LogP contribution in [-0.4, -0.2) is 35.7 Å². The van der Waals surface area contributed by atoms with E-state index in [1.165, 1.54) is 4.88 Å². The van der Waals surface area contributed by atoms with Gasteiger partial charge in [0.25, 0.3) is 0 Å². The van der Waals surface area contributed by atoms with Gasteiger partial charge in [-0.25, -0.2) is 4.79 Å². The summed E-state index contributed by atoms with van der Waals surface area (Å²) >= 11 is 5.21. The summed E-state index contributed by atoms with van der Waals surface area (Å²) in [6.07, 6.45) is 1.99. The number of carbonyl (C=O) groups excluding carboxylic acids is 1. The average Bonchev–Trinajstić information content (AvgIpc) is 3.13. The van der Waals surface area contributed by atoms with Crippen molar-refractivity contribution in [3.63, 3.8) is 0 Å². The fraction of sp³-hybridized carbons (Fsp3) is 0.688. The van der Waals surface area contributed by atoms with Gasteiger partial charge in [0, 0.05) is 39.9 Å². The van der Waals surface area contributed by atoms with Crippen LogP contribution in [0.1, 0.15) is 51.5 Å². The molecule has 1 amide bonds. The van der Waals surface area contributed by atoms with Crippen LogP contribution in [0, 0.1) is 0 Å². The molecule has 1 aliphatic rings. The van der Waals surface area contributed by atoms with Gasteiger partial charge in [-0.15, -0.1) is 11.3 Å². The minimum atomic E-state index is -0.436. The smallest absolute Gasteiger partial charge is 0.410 e. The summed E-state index contributed by atoms with van der Waals surface area (Å²) in [6, 6.07) is 2.79. The molecule has 0 bridgehead atoms. The topological polar surface area (TPSA) is 41.6 Å². The van der Waals surface area contributed by atoms with Gasteiger partial charge in [0.2, 0.25) is 0 Å². The zero-order valence-electron chi connectivity index (χ0n) is 13.7. The van der Waals surface area contributed by atoms with Gasteiger partial charge in [-0.05, 0) is 62.5 Å². The molecule has 1 saturated carbocycles. The predicted molar refractivity (Wildman–Crippen MR) is 94.4 cm³/mol. The number of nitrogens with one attached hydrogen (secondary N) is 1. The number of amides is 1. The molecule has 1 unspecified atom stereocenters. The highest BCUT2D eigenvalue weighted by Gasteiger charge is 2.34. The van der Waals surface area contributed by atoms with E-state index in [9.17, 15) is 4.79 Å². The second-order valence-corrected chi connectivity index (χ2v) is 8.61. The molecule has 4 nitrogen and oxygen atoms in total. The molecule has 0 aliphatic heterocycles. The van der Waals surface area contributed by atoms with Gasteiger partial charge in [0.1, 0.15) is 5.60 Å². The van der Waals surface area contributed by atoms with Crippen LogP contribution in [0.15, 0.2) is 15.9 Å². The normalized spacial score (nSPS) is 16.4. The first-order valence-corrected chi connectivity index (χ1v) is 9.40. The van der Waals surface area contributed by atoms with Crippen LogP contribution in [0.4, 0.5) is 4.79 Å². The lowest BCUT2D eigenvalue weighted by atomic mass is 10.2. The maximum atomic E-state index is 12.3. The van der Waals surface area contributed by atoms with Crippen molar-refractivity contribution in [3.05, 3.63) is 20.8 Å². The number of halogens is 1. The molecular formula is C16H25BrN2O2S. The Kier molecular flexibility index (Phi) is 5.91. The van der Waals surface area contributed by atoms with Gasteiger partial charge >= 0.3 is 6.09 Å². The number of hydrogen-bond acceptors (Lipinski definition) is 4. The first kappa shape index (κ1) is 17.8. The van der Waals surface area contributed by atoms with Crippen LogP contribution >= 0.6 is 27.3 Å². The van der Waals surface area contributed by atoms with Gasteiger partial charge in [0.15, 0.2) is 0 Å². The number of hydrogen-bond donors (Lipinski definition) is 1. The quantitative estimate of drug-likeness (QED) is 0.776. The van der Waals surface area contributed by atoms with Crippen LogP contribution < -0.4 is 5.32 Å². The molecule has 22 heavy (non-hydrogen) atoms. The Bertz CT molecular complexity index is 508. The lowest BCUT2D eigenvalue weighted by Crippen LogP contribution is -2.42. The van der Waals surface area contributed by atoms with Crippen LogP contribution in [0.5, 0.6) is 0 Å². The molecule has 6 heteroatoms. The van der Waals surface area contributed by atoms with Crippen molar-refractivity contribution in [1.29, 1.82) is 0 Å². The van der Waals surface area contributed by atoms with Crippen molar-refractivity contribution in [3.8, 4) is 0 Å². The SMILES string of the molecule is CC(NCCN(C(=O)OC(C)(C)C)C1CC1)c1cc(Br)cs1. The van der Waals surface area contributed by atoms with Crippen molar-refractivity contribution in [2.45, 2.75) is 58.2 Å². The first-order valence-electron chi connectivity index (χ1n) is 7.73. The van der Waals surface area contributed by atoms with Gasteiger partial charge in [0.05, 0.1) is 0 Å². The third-order valence-electron chi connectivity index (χ3n) is 3.43. The van der Waals surface area contributed by atoms with Gasteiger partial charge in [-0.1, -0.05) is 0 Å². The summed E-state index contributed by atoms with van der Waals surface area (Å²) in [4.78, 5) is 15.4. The molecule has 1 fully saturated rings. The summed E-state index contributed by atoms with van der Waals surface area (Å²) in [7, 11) is 0. The van der Waals surface area contributed by atoms with Crippen LogP contribution in [0.2, 0.25) is 0 Å². The summed E-state index contributed by atoms with van der Waals surface area (Å²) in [5, 5.41) is 5.57. The number of carbonyl (C=O) groups is 1. The zero-order chi connectivity index (χ0) is 16.3. The van der Waals surface area contributed by atoms with Crippen LogP contribution in [0.25, 0.3) is 0 Å². The molecule has 1 aromatic rings. The van der Waals surface area contributed by atoms with E-state index in [1.807, 2.05) is 25.7 Å². The van der Waals surface area contributed by atoms with E-state index in [0.29, 0.717) is 12.6 Å². The van der Waals surface area contributed by atoms with Crippen molar-refractivity contribution >= 4 is 33.4 Å². The lowest BCUT2D eigenvalue weighted by molar-refractivity contribution is 0.0235. The van der Waals surface area contributed by atoms with E-state index in [4.69, 9.17) is 4.74 Å². The summed E-state index contributed by atoms with van der Waals surface area (Å²) in [6.45, 7) is 9.33. The Morgan fingerprint density at radius 3 is 2.73 bits per heavy atom. The van der Waals surface area contributed by atoms with Crippen molar-refractivity contribution in [2.24, 2.45) is 0 Å². The van der Waals surface area contributed by atoms with Gasteiger partial charge in [-0.3, -0.25) is 0 Å². The van der Waals surface area contributed by atoms with E-state index in [2.05, 4.69) is 39.6 Å². The van der Waals surface area contributed by atoms with Crippen LogP contribution in [0.3, 0.4) is 0 Å². The van der Waals surface area contributed by atoms with Crippen molar-refractivity contribution in [1.82, 2.24) is 10.2 Å². The third-order valence-corrected chi connectivity index (χ3v) is 5.31. The van der Waals surface area contributed by atoms with E-state index in [1.54, 1.807) is 11.3 Å². The first-order chi connectivity index (χ1) is 10.3. The summed E-state index contributed by atoms with van der Waals surface area (Å²) < 4.78 is 6.62. The number of thiophene rings is 1. The molecule has 124 valence electrons. The minimum Gasteiger partial charge on any atom is -0.444 e. The Hall–Kier alpha value is -0.590. The van der Waals surface area contributed by atoms with E-state index < -0.39 is 5.60 Å². The molecule has 1 aliphatic carbocycles. The molecule has 2 rings (SSSR count). The highest BCUT2D eigenvalue weighted by Crippen LogP contribution is 2.28. The van der Waals surface area contributed by atoms with E-state index in [0.717, 1.165) is 23.9 Å². The Balaban J connectivity index is 1.81. The Morgan fingerprint density at radius 2 is 2.23 bits per heavy atom. The molecule has 0 aromatic carbocycles. The maximum Gasteiger partial charge on any atom is 0.410 e. The zero-order valence-corrected chi connectivity index (χ0v) is 16.1. The van der Waals surface area contributed by atoms with E-state index in [-0.39, 0.29) is 12.1 Å². The number of nitrogens with zero attached hydrogens (tertiary/aromatic N) is 1. The molecular weight excluding hydrogens is 364 g/mol. The van der Waals surface area contributed by atoms with Crippen LogP contribution in [-0.2, 0) is 4.74 Å². The molecule has 0 radical (unpaired) electrons. The molecule has 1 aromatic heterocycles. The molecule has 0 saturated heterocycles. The van der Waals surface area contributed by atoms with Gasteiger partial charge in [-0.2, -0.15) is 0 Å². The number of rotatable bonds is 6. The second-order valence-electron chi connectivity index (χ2n) is 6.75. The van der Waals surface area contributed by atoms with Crippen molar-refractivity contribution in [2.75, 3.05) is 13.1 Å². The molecule has 1 heterocycles. The second kappa shape index (κ2) is 7.32. The van der Waals surface area contributed by atoms with Crippen molar-refractivity contribution < 1.29 is 9.53 Å². The Labute approximate surface area is 145 Å². The summed E-state index contributed by atoms with van der Waals surface area (Å²) in [5.41, 5.74) is -0.436. The fourth-order valence-corrected chi connectivity index (χ4v) is 3.66. The lowest BCUT2D eigenvalue weighted by Gasteiger charge is -2.28. The van der Waals surface area contributed by atoms with E-state index >= 15 is 0 Å².